The predicted molar refractivity (Wildman–Crippen MR) is 70.5 cm³/mol. The first kappa shape index (κ1) is 14.5. The van der Waals surface area contributed by atoms with E-state index in [2.05, 4.69) is 0 Å². The molecule has 0 spiro atoms. The van der Waals surface area contributed by atoms with E-state index in [0.29, 0.717) is 12.0 Å². The third-order valence-electron chi connectivity index (χ3n) is 3.57. The van der Waals surface area contributed by atoms with Crippen molar-refractivity contribution in [3.05, 3.63) is 38.9 Å². The number of Topliss-reactive ketones (excluding diaryl/α,β-unsaturated/α-hetero) is 1. The van der Waals surface area contributed by atoms with Gasteiger partial charge in [0.1, 0.15) is 11.2 Å². The second kappa shape index (κ2) is 5.20. The molecule has 1 heterocycles. The number of hydrogen-bond acceptors (Lipinski definition) is 5. The van der Waals surface area contributed by atoms with Gasteiger partial charge in [-0.1, -0.05) is 17.7 Å². The summed E-state index contributed by atoms with van der Waals surface area (Å²) in [7, 11) is 0. The molecule has 6 nitrogen and oxygen atoms in total. The predicted octanol–water partition coefficient (Wildman–Crippen LogP) is 2.31. The van der Waals surface area contributed by atoms with Gasteiger partial charge in [0.2, 0.25) is 0 Å². The van der Waals surface area contributed by atoms with Crippen molar-refractivity contribution in [1.82, 2.24) is 0 Å². The van der Waals surface area contributed by atoms with E-state index in [0.717, 1.165) is 0 Å². The molecule has 0 N–H and O–H groups in total. The Morgan fingerprint density at radius 1 is 1.55 bits per heavy atom. The molecule has 1 aliphatic heterocycles. The molecular formula is C13H12ClNO5. The summed E-state index contributed by atoms with van der Waals surface area (Å²) in [4.78, 5) is 33.7. The lowest BCUT2D eigenvalue weighted by atomic mass is 9.77. The van der Waals surface area contributed by atoms with Gasteiger partial charge in [0.15, 0.2) is 0 Å². The fourth-order valence-electron chi connectivity index (χ4n) is 2.28. The minimum Gasteiger partial charge on any atom is -0.465 e. The third-order valence-corrected chi connectivity index (χ3v) is 3.92. The monoisotopic (exact) mass is 297 g/mol. The Bertz CT molecular complexity index is 600. The molecule has 2 rings (SSSR count). The molecule has 1 aliphatic rings. The molecule has 106 valence electrons. The van der Waals surface area contributed by atoms with Gasteiger partial charge >= 0.3 is 5.97 Å². The van der Waals surface area contributed by atoms with Gasteiger partial charge in [0.25, 0.3) is 5.69 Å². The highest BCUT2D eigenvalue weighted by molar-refractivity contribution is 6.31. The Balaban J connectivity index is 2.35. The van der Waals surface area contributed by atoms with Crippen LogP contribution in [0.1, 0.15) is 18.9 Å². The first-order valence-electron chi connectivity index (χ1n) is 5.98. The van der Waals surface area contributed by atoms with Crippen molar-refractivity contribution in [3.8, 4) is 0 Å². The molecule has 1 aromatic rings. The van der Waals surface area contributed by atoms with Crippen molar-refractivity contribution in [2.75, 3.05) is 6.61 Å². The van der Waals surface area contributed by atoms with Gasteiger partial charge in [-0.3, -0.25) is 19.7 Å². The number of ketones is 1. The molecule has 0 bridgehead atoms. The second-order valence-corrected chi connectivity index (χ2v) is 5.14. The zero-order valence-electron chi connectivity index (χ0n) is 10.7. The lowest BCUT2D eigenvalue weighted by molar-refractivity contribution is -0.384. The van der Waals surface area contributed by atoms with Crippen molar-refractivity contribution in [2.24, 2.45) is 5.41 Å². The molecule has 1 atom stereocenters. The van der Waals surface area contributed by atoms with Gasteiger partial charge < -0.3 is 4.74 Å². The van der Waals surface area contributed by atoms with Gasteiger partial charge in [0.05, 0.1) is 16.6 Å². The number of benzene rings is 1. The summed E-state index contributed by atoms with van der Waals surface area (Å²) in [6.45, 7) is 1.54. The average Bonchev–Trinajstić information content (AvgIpc) is 2.74. The molecule has 1 fully saturated rings. The van der Waals surface area contributed by atoms with E-state index >= 15 is 0 Å². The van der Waals surface area contributed by atoms with Gasteiger partial charge in [0, 0.05) is 18.6 Å². The number of carbonyl (C=O) groups excluding carboxylic acids is 2. The normalized spacial score (nSPS) is 21.6. The highest BCUT2D eigenvalue weighted by atomic mass is 35.5. The molecule has 0 aliphatic carbocycles. The van der Waals surface area contributed by atoms with Crippen LogP contribution in [0.2, 0.25) is 5.02 Å². The van der Waals surface area contributed by atoms with Crippen molar-refractivity contribution in [2.45, 2.75) is 19.8 Å². The Kier molecular flexibility index (Phi) is 3.76. The molecule has 7 heteroatoms. The Morgan fingerprint density at radius 3 is 2.70 bits per heavy atom. The molecule has 0 saturated carbocycles. The zero-order chi connectivity index (χ0) is 14.9. The Morgan fingerprint density at radius 2 is 2.25 bits per heavy atom. The van der Waals surface area contributed by atoms with Crippen LogP contribution < -0.4 is 0 Å². The molecule has 1 aromatic carbocycles. The van der Waals surface area contributed by atoms with Gasteiger partial charge in [-0.25, -0.2) is 0 Å². The minimum absolute atomic E-state index is 0.0952. The maximum absolute atomic E-state index is 11.8. The number of nitro groups is 1. The number of esters is 1. The number of hydrogen-bond donors (Lipinski definition) is 0. The molecule has 1 saturated heterocycles. The molecule has 0 radical (unpaired) electrons. The van der Waals surface area contributed by atoms with E-state index in [1.807, 2.05) is 0 Å². The lowest BCUT2D eigenvalue weighted by Gasteiger charge is -2.21. The molecule has 20 heavy (non-hydrogen) atoms. The van der Waals surface area contributed by atoms with Gasteiger partial charge in [-0.05, 0) is 18.9 Å². The number of carbonyl (C=O) groups is 2. The van der Waals surface area contributed by atoms with Crippen LogP contribution in [0.25, 0.3) is 0 Å². The number of nitrogens with zero attached hydrogens (tertiary/aromatic N) is 1. The first-order valence-corrected chi connectivity index (χ1v) is 6.36. The van der Waals surface area contributed by atoms with Crippen LogP contribution in [0.4, 0.5) is 5.69 Å². The average molecular weight is 298 g/mol. The number of rotatable bonds is 4. The molecule has 0 aromatic heterocycles. The van der Waals surface area contributed by atoms with Gasteiger partial charge in [-0.2, -0.15) is 0 Å². The molecule has 1 unspecified atom stereocenters. The first-order chi connectivity index (χ1) is 9.36. The summed E-state index contributed by atoms with van der Waals surface area (Å²) < 4.78 is 4.89. The lowest BCUT2D eigenvalue weighted by Crippen LogP contribution is -2.36. The van der Waals surface area contributed by atoms with Crippen molar-refractivity contribution < 1.29 is 19.2 Å². The Hall–Kier alpha value is -1.95. The van der Waals surface area contributed by atoms with Gasteiger partial charge in [-0.15, -0.1) is 0 Å². The maximum atomic E-state index is 11.8. The highest BCUT2D eigenvalue weighted by Gasteiger charge is 2.49. The van der Waals surface area contributed by atoms with Crippen molar-refractivity contribution in [3.63, 3.8) is 0 Å². The topological polar surface area (TPSA) is 86.5 Å². The van der Waals surface area contributed by atoms with Crippen LogP contribution in [-0.4, -0.2) is 23.3 Å². The summed E-state index contributed by atoms with van der Waals surface area (Å²) in [6.07, 6.45) is 0.395. The highest BCUT2D eigenvalue weighted by Crippen LogP contribution is 2.37. The molecule has 0 amide bonds. The van der Waals surface area contributed by atoms with E-state index in [9.17, 15) is 19.7 Å². The fraction of sp³-hybridized carbons (Fsp3) is 0.385. The minimum atomic E-state index is -1.22. The Labute approximate surface area is 119 Å². The number of nitro benzene ring substituents is 1. The SMILES string of the molecule is CC(=O)C1(Cc2ccc([N+](=O)[O-])cc2Cl)CCOC1=O. The van der Waals surface area contributed by atoms with Crippen LogP contribution in [0.5, 0.6) is 0 Å². The number of cyclic esters (lactones) is 1. The molecular weight excluding hydrogens is 286 g/mol. The summed E-state index contributed by atoms with van der Waals surface area (Å²) >= 11 is 6.00. The quantitative estimate of drug-likeness (QED) is 0.368. The fourth-order valence-corrected chi connectivity index (χ4v) is 2.52. The van der Waals surface area contributed by atoms with E-state index in [1.54, 1.807) is 0 Å². The van der Waals surface area contributed by atoms with E-state index in [1.165, 1.54) is 25.1 Å². The summed E-state index contributed by atoms with van der Waals surface area (Å²) in [6, 6.07) is 3.98. The second-order valence-electron chi connectivity index (χ2n) is 4.73. The number of non-ortho nitro benzene ring substituents is 1. The maximum Gasteiger partial charge on any atom is 0.320 e. The summed E-state index contributed by atoms with van der Waals surface area (Å²) in [5.74, 6) is -0.839. The number of ether oxygens (including phenoxy) is 1. The van der Waals surface area contributed by atoms with Crippen LogP contribution in [0.3, 0.4) is 0 Å². The van der Waals surface area contributed by atoms with Crippen LogP contribution in [0, 0.1) is 15.5 Å². The largest absolute Gasteiger partial charge is 0.465 e. The smallest absolute Gasteiger partial charge is 0.320 e. The van der Waals surface area contributed by atoms with Crippen LogP contribution >= 0.6 is 11.6 Å². The van der Waals surface area contributed by atoms with Crippen molar-refractivity contribution >= 4 is 29.0 Å². The van der Waals surface area contributed by atoms with E-state index < -0.39 is 16.3 Å². The standard InChI is InChI=1S/C13H12ClNO5/c1-8(16)13(4-5-20-12(13)17)7-9-2-3-10(15(18)19)6-11(9)14/h2-3,6H,4-5,7H2,1H3. The van der Waals surface area contributed by atoms with Crippen LogP contribution in [0.15, 0.2) is 18.2 Å². The van der Waals surface area contributed by atoms with Crippen molar-refractivity contribution in [1.29, 1.82) is 0 Å². The third kappa shape index (κ3) is 2.38. The van der Waals surface area contributed by atoms with Crippen LogP contribution in [-0.2, 0) is 20.7 Å². The van der Waals surface area contributed by atoms with E-state index in [4.69, 9.17) is 16.3 Å². The number of halogens is 1. The van der Waals surface area contributed by atoms with E-state index in [-0.39, 0.29) is 29.5 Å². The summed E-state index contributed by atoms with van der Waals surface area (Å²) in [5, 5.41) is 10.8. The zero-order valence-corrected chi connectivity index (χ0v) is 11.5. The summed E-state index contributed by atoms with van der Waals surface area (Å²) in [5.41, 5.74) is -0.837.